The maximum Gasteiger partial charge on any atom is 0.204 e. The number of piperidine rings is 1. The van der Waals surface area contributed by atoms with Crippen molar-refractivity contribution in [2.75, 3.05) is 6.61 Å². The molecule has 1 aliphatic rings. The largest absolute Gasteiger partial charge is 0.298 e. The van der Waals surface area contributed by atoms with Crippen molar-refractivity contribution in [1.82, 2.24) is 10.2 Å². The second kappa shape index (κ2) is 8.73. The fraction of sp³-hybridized carbons (Fsp3) is 0.500. The molecule has 0 amide bonds. The van der Waals surface area contributed by atoms with Gasteiger partial charge in [-0.25, -0.2) is 0 Å². The van der Waals surface area contributed by atoms with Crippen LogP contribution in [0.5, 0.6) is 0 Å². The van der Waals surface area contributed by atoms with Gasteiger partial charge in [-0.15, -0.1) is 0 Å². The van der Waals surface area contributed by atoms with E-state index in [0.717, 1.165) is 36.5 Å². The second-order valence-corrected chi connectivity index (χ2v) is 11.8. The zero-order valence-corrected chi connectivity index (χ0v) is 19.3. The molecule has 0 unspecified atom stereocenters. The van der Waals surface area contributed by atoms with Gasteiger partial charge in [0.25, 0.3) is 0 Å². The van der Waals surface area contributed by atoms with E-state index in [1.807, 2.05) is 60.7 Å². The Morgan fingerprint density at radius 2 is 1.38 bits per heavy atom. The quantitative estimate of drug-likeness (QED) is 0.657. The van der Waals surface area contributed by atoms with Crippen LogP contribution >= 0.6 is 7.29 Å². The molecule has 0 aromatic heterocycles. The third-order valence-corrected chi connectivity index (χ3v) is 8.40. The summed E-state index contributed by atoms with van der Waals surface area (Å²) in [5, 5.41) is 7.50. The molecule has 158 valence electrons. The molecule has 1 heterocycles. The Labute approximate surface area is 176 Å². The van der Waals surface area contributed by atoms with Crippen molar-refractivity contribution in [2.45, 2.75) is 71.0 Å². The van der Waals surface area contributed by atoms with E-state index in [9.17, 15) is 4.57 Å². The molecule has 0 spiro atoms. The molecule has 4 nitrogen and oxygen atoms in total. The Hall–Kier alpha value is -1.45. The summed E-state index contributed by atoms with van der Waals surface area (Å²) in [7, 11) is -2.96. The average Bonchev–Trinajstić information content (AvgIpc) is 2.67. The zero-order valence-electron chi connectivity index (χ0n) is 18.4. The van der Waals surface area contributed by atoms with Gasteiger partial charge in [0.05, 0.1) is 6.61 Å². The lowest BCUT2D eigenvalue weighted by atomic mass is 9.79. The molecular weight excluding hydrogens is 379 g/mol. The minimum Gasteiger partial charge on any atom is -0.298 e. The molecule has 1 aliphatic heterocycles. The first-order valence-electron chi connectivity index (χ1n) is 10.6. The van der Waals surface area contributed by atoms with Gasteiger partial charge in [0.1, 0.15) is 0 Å². The van der Waals surface area contributed by atoms with Crippen LogP contribution < -0.4 is 15.7 Å². The Morgan fingerprint density at radius 3 is 1.79 bits per heavy atom. The molecule has 0 saturated carbocycles. The monoisotopic (exact) mass is 414 g/mol. The average molecular weight is 415 g/mol. The lowest BCUT2D eigenvalue weighted by Crippen LogP contribution is -2.63. The highest BCUT2D eigenvalue weighted by molar-refractivity contribution is 7.76. The van der Waals surface area contributed by atoms with Gasteiger partial charge in [0.2, 0.25) is 7.29 Å². The second-order valence-electron chi connectivity index (χ2n) is 9.27. The summed E-state index contributed by atoms with van der Waals surface area (Å²) in [6.07, 6.45) is 2.72. The molecule has 1 saturated heterocycles. The van der Waals surface area contributed by atoms with Crippen LogP contribution in [0.25, 0.3) is 0 Å². The molecule has 5 heteroatoms. The van der Waals surface area contributed by atoms with E-state index in [1.165, 1.54) is 0 Å². The van der Waals surface area contributed by atoms with Crippen molar-refractivity contribution in [2.24, 2.45) is 0 Å². The van der Waals surface area contributed by atoms with Gasteiger partial charge in [-0.2, -0.15) is 5.06 Å². The number of benzene rings is 2. The van der Waals surface area contributed by atoms with E-state index in [0.29, 0.717) is 0 Å². The summed E-state index contributed by atoms with van der Waals surface area (Å²) >= 11 is 0. The molecule has 2 aromatic carbocycles. The highest BCUT2D eigenvalue weighted by atomic mass is 31.2. The van der Waals surface area contributed by atoms with Crippen molar-refractivity contribution >= 4 is 17.9 Å². The van der Waals surface area contributed by atoms with Gasteiger partial charge in [-0.05, 0) is 71.2 Å². The van der Waals surface area contributed by atoms with Crippen LogP contribution in [0, 0.1) is 0 Å². The van der Waals surface area contributed by atoms with E-state index in [2.05, 4.69) is 44.8 Å². The first-order valence-corrected chi connectivity index (χ1v) is 12.3. The predicted molar refractivity (Wildman–Crippen MR) is 122 cm³/mol. The molecule has 1 N–H and O–H groups in total. The van der Waals surface area contributed by atoms with Crippen LogP contribution in [0.1, 0.15) is 53.9 Å². The van der Waals surface area contributed by atoms with Crippen LogP contribution in [0.3, 0.4) is 0 Å². The van der Waals surface area contributed by atoms with E-state index in [4.69, 9.17) is 4.84 Å². The predicted octanol–water partition coefficient (Wildman–Crippen LogP) is 4.87. The van der Waals surface area contributed by atoms with Crippen molar-refractivity contribution in [3.8, 4) is 0 Å². The number of nitrogens with one attached hydrogen (secondary N) is 1. The highest BCUT2D eigenvalue weighted by Gasteiger charge is 2.48. The Bertz CT molecular complexity index is 775. The molecule has 3 rings (SSSR count). The minimum absolute atomic E-state index is 0.118. The standard InChI is InChI=1S/C24H35N2O2P/c1-6-17-28-26-23(2,3)18-20(19-24(26,4)5)25-29(27,21-13-9-7-10-14-21)22-15-11-8-12-16-22/h7-16,20H,6,17-19H2,1-5H3,(H,25,27). The third kappa shape index (κ3) is 4.83. The normalized spacial score (nSPS) is 19.9. The van der Waals surface area contributed by atoms with Gasteiger partial charge in [-0.3, -0.25) is 14.5 Å². The first kappa shape index (κ1) is 22.2. The molecule has 0 bridgehead atoms. The summed E-state index contributed by atoms with van der Waals surface area (Å²) < 4.78 is 14.4. The van der Waals surface area contributed by atoms with Crippen molar-refractivity contribution in [1.29, 1.82) is 0 Å². The molecule has 0 atom stereocenters. The molecule has 29 heavy (non-hydrogen) atoms. The van der Waals surface area contributed by atoms with Crippen LogP contribution in [0.15, 0.2) is 60.7 Å². The SMILES string of the molecule is CCCON1C(C)(C)CC(NP(=O)(c2ccccc2)c2ccccc2)CC1(C)C. The van der Waals surface area contributed by atoms with E-state index in [-0.39, 0.29) is 17.1 Å². The van der Waals surface area contributed by atoms with Gasteiger partial charge in [0.15, 0.2) is 0 Å². The fourth-order valence-electron chi connectivity index (χ4n) is 4.72. The minimum atomic E-state index is -2.96. The fourth-order valence-corrected chi connectivity index (χ4v) is 7.19. The molecule has 0 radical (unpaired) electrons. The molecular formula is C24H35N2O2P. The summed E-state index contributed by atoms with van der Waals surface area (Å²) in [6.45, 7) is 11.7. The summed E-state index contributed by atoms with van der Waals surface area (Å²) in [4.78, 5) is 6.15. The smallest absolute Gasteiger partial charge is 0.204 e. The topological polar surface area (TPSA) is 41.6 Å². The molecule has 0 aliphatic carbocycles. The summed E-state index contributed by atoms with van der Waals surface area (Å²) in [5.74, 6) is 0. The van der Waals surface area contributed by atoms with E-state index < -0.39 is 7.29 Å². The lowest BCUT2D eigenvalue weighted by molar-refractivity contribution is -0.283. The summed E-state index contributed by atoms with van der Waals surface area (Å²) in [6, 6.07) is 19.8. The number of hydrogen-bond donors (Lipinski definition) is 1. The van der Waals surface area contributed by atoms with Crippen LogP contribution in [-0.2, 0) is 9.40 Å². The molecule has 1 fully saturated rings. The van der Waals surface area contributed by atoms with Crippen molar-refractivity contribution in [3.63, 3.8) is 0 Å². The first-order chi connectivity index (χ1) is 13.7. The number of hydroxylamine groups is 2. The Kier molecular flexibility index (Phi) is 6.70. The summed E-state index contributed by atoms with van der Waals surface area (Å²) in [5.41, 5.74) is -0.320. The number of nitrogens with zero attached hydrogens (tertiary/aromatic N) is 1. The maximum absolute atomic E-state index is 14.4. The van der Waals surface area contributed by atoms with E-state index >= 15 is 0 Å². The molecule has 2 aromatic rings. The van der Waals surface area contributed by atoms with Crippen LogP contribution in [-0.4, -0.2) is 28.8 Å². The number of rotatable bonds is 7. The highest BCUT2D eigenvalue weighted by Crippen LogP contribution is 2.45. The van der Waals surface area contributed by atoms with Crippen LogP contribution in [0.2, 0.25) is 0 Å². The Morgan fingerprint density at radius 1 is 0.931 bits per heavy atom. The van der Waals surface area contributed by atoms with Gasteiger partial charge < -0.3 is 0 Å². The third-order valence-electron chi connectivity index (χ3n) is 5.62. The van der Waals surface area contributed by atoms with E-state index in [1.54, 1.807) is 0 Å². The maximum atomic E-state index is 14.4. The Balaban J connectivity index is 1.92. The van der Waals surface area contributed by atoms with Gasteiger partial charge in [0, 0.05) is 27.7 Å². The van der Waals surface area contributed by atoms with Gasteiger partial charge >= 0.3 is 0 Å². The zero-order chi connectivity index (χ0) is 21.1. The number of hydrogen-bond acceptors (Lipinski definition) is 3. The van der Waals surface area contributed by atoms with Crippen molar-refractivity contribution < 1.29 is 9.40 Å². The van der Waals surface area contributed by atoms with Crippen LogP contribution in [0.4, 0.5) is 0 Å². The van der Waals surface area contributed by atoms with Gasteiger partial charge in [-0.1, -0.05) is 43.3 Å². The van der Waals surface area contributed by atoms with Crippen molar-refractivity contribution in [3.05, 3.63) is 60.7 Å². The lowest BCUT2D eigenvalue weighted by Gasteiger charge is -2.54.